The summed E-state index contributed by atoms with van der Waals surface area (Å²) in [5, 5.41) is 19.5. The third-order valence-electron chi connectivity index (χ3n) is 24.5. The highest BCUT2D eigenvalue weighted by Crippen LogP contribution is 2.50. The third-order valence-corrected chi connectivity index (χ3v) is 25.7. The summed E-state index contributed by atoms with van der Waals surface area (Å²) in [6.07, 6.45) is 0. The maximum Gasteiger partial charge on any atom is 0.143 e. The molecule has 0 aliphatic carbocycles. The van der Waals surface area contributed by atoms with E-state index in [-0.39, 0.29) is 0 Å². The zero-order valence-electron chi connectivity index (χ0n) is 63.0. The van der Waals surface area contributed by atoms with Crippen molar-refractivity contribution in [3.8, 4) is 112 Å². The van der Waals surface area contributed by atoms with E-state index in [0.29, 0.717) is 0 Å². The van der Waals surface area contributed by atoms with Gasteiger partial charge >= 0.3 is 0 Å². The molecular formula is C112H68N2OS. The highest BCUT2D eigenvalue weighted by atomic mass is 32.1. The van der Waals surface area contributed by atoms with Crippen LogP contribution in [0.25, 0.3) is 240 Å². The van der Waals surface area contributed by atoms with Crippen molar-refractivity contribution < 1.29 is 4.42 Å². The molecule has 0 saturated heterocycles. The maximum atomic E-state index is 6.58. The van der Waals surface area contributed by atoms with Gasteiger partial charge in [-0.2, -0.15) is 0 Å². The monoisotopic (exact) mass is 1490 g/mol. The van der Waals surface area contributed by atoms with E-state index in [4.69, 9.17) is 4.42 Å². The Morgan fingerprint density at radius 3 is 1.04 bits per heavy atom. The standard InChI is InChI=1S/C112H68N2OS/c1-3-23-71(24-4-1)107-89-35-7-10-38-92(89)110(100-66-78(55-59-93(100)107)76-28-20-29-81(64-76)113-101-43-15-11-31-85(101)97-67-79(57-61-103(97)113)83-39-21-41-95-87-33-13-17-45-105(87)115-111(83)95)74-53-49-70(50-54-74)69-47-51-73(52-48-69)108-90-36-8-9-37-91(90)109(72-25-5-2-6-26-72)99-65-77(56-60-94(99)108)75-27-19-30-82(63-75)114-102-44-16-12-32-86(102)98-68-80(58-62-104(98)114)84-40-22-42-96-88-34-14-18-46-106(88)116-112(84)96/h1-68H. The van der Waals surface area contributed by atoms with Gasteiger partial charge < -0.3 is 13.6 Å². The lowest BCUT2D eigenvalue weighted by Crippen LogP contribution is -1.95. The second kappa shape index (κ2) is 26.3. The van der Waals surface area contributed by atoms with Crippen molar-refractivity contribution in [1.82, 2.24) is 9.13 Å². The summed E-state index contributed by atoms with van der Waals surface area (Å²) in [6.45, 7) is 0. The Morgan fingerprint density at radius 2 is 0.517 bits per heavy atom. The molecule has 4 aromatic heterocycles. The van der Waals surface area contributed by atoms with Crippen LogP contribution in [0.15, 0.2) is 417 Å². The molecule has 0 unspecified atom stereocenters. The van der Waals surface area contributed by atoms with Crippen LogP contribution in [-0.2, 0) is 0 Å². The summed E-state index contributed by atoms with van der Waals surface area (Å²) in [5.74, 6) is 0. The second-order valence-electron chi connectivity index (χ2n) is 30.8. The number of thiophene rings is 1. The molecule has 0 spiro atoms. The van der Waals surface area contributed by atoms with Crippen LogP contribution in [0.4, 0.5) is 0 Å². The van der Waals surface area contributed by atoms with Gasteiger partial charge in [0.25, 0.3) is 0 Å². The van der Waals surface area contributed by atoms with Crippen LogP contribution < -0.4 is 0 Å². The molecule has 0 atom stereocenters. The van der Waals surface area contributed by atoms with Crippen molar-refractivity contribution in [1.29, 1.82) is 0 Å². The largest absolute Gasteiger partial charge is 0.455 e. The number of fused-ring (bicyclic) bond motifs is 16. The normalized spacial score (nSPS) is 12.0. The van der Waals surface area contributed by atoms with Gasteiger partial charge in [-0.1, -0.05) is 328 Å². The molecule has 538 valence electrons. The van der Waals surface area contributed by atoms with Crippen molar-refractivity contribution in [3.05, 3.63) is 413 Å². The number of nitrogens with zero attached hydrogens (tertiary/aromatic N) is 2. The fourth-order valence-corrected chi connectivity index (χ4v) is 20.5. The SMILES string of the molecule is c1ccc(-c2c3ccccc3c(-c3ccc(-c4ccc(-c5c6ccccc6c(-c6ccccc6)c6cc(-c7cccc(-n8c9ccccc9c9cc(-c%10cccc%11c%10sc%10ccccc%10%11)ccc98)c7)ccc56)cc4)cc3)c3cc(-c4cccc(-n5c6ccccc6c6cc(-c7cccc8c7oc7ccccc78)ccc65)c4)ccc23)cc1. The lowest BCUT2D eigenvalue weighted by molar-refractivity contribution is 0.670. The number of hydrogen-bond donors (Lipinski definition) is 0. The quantitative estimate of drug-likeness (QED) is 0.118. The van der Waals surface area contributed by atoms with Gasteiger partial charge in [0.2, 0.25) is 0 Å². The van der Waals surface area contributed by atoms with Gasteiger partial charge in [0.05, 0.1) is 22.1 Å². The van der Waals surface area contributed by atoms with Crippen LogP contribution in [0.2, 0.25) is 0 Å². The van der Waals surface area contributed by atoms with E-state index in [2.05, 4.69) is 416 Å². The third kappa shape index (κ3) is 10.4. The Labute approximate surface area is 673 Å². The number of hydrogen-bond acceptors (Lipinski definition) is 2. The van der Waals surface area contributed by atoms with E-state index in [1.54, 1.807) is 0 Å². The summed E-state index contributed by atoms with van der Waals surface area (Å²) >= 11 is 1.89. The fourth-order valence-electron chi connectivity index (χ4n) is 19.3. The van der Waals surface area contributed by atoms with Crippen LogP contribution in [-0.4, -0.2) is 9.13 Å². The zero-order chi connectivity index (χ0) is 76.1. The first-order chi connectivity index (χ1) is 57.5. The minimum Gasteiger partial charge on any atom is -0.455 e. The predicted molar refractivity (Wildman–Crippen MR) is 494 cm³/mol. The van der Waals surface area contributed by atoms with Gasteiger partial charge in [-0.3, -0.25) is 0 Å². The summed E-state index contributed by atoms with van der Waals surface area (Å²) in [6, 6.07) is 153. The zero-order valence-corrected chi connectivity index (χ0v) is 63.8. The molecule has 20 aromatic carbocycles. The highest BCUT2D eigenvalue weighted by Gasteiger charge is 2.24. The minimum atomic E-state index is 0.901. The molecule has 4 heterocycles. The molecule has 0 radical (unpaired) electrons. The van der Waals surface area contributed by atoms with E-state index < -0.39 is 0 Å². The second-order valence-corrected chi connectivity index (χ2v) is 31.9. The molecule has 0 bridgehead atoms. The molecule has 4 heteroatoms. The first-order valence-electron chi connectivity index (χ1n) is 39.9. The van der Waals surface area contributed by atoms with Gasteiger partial charge in [0.1, 0.15) is 11.2 Å². The topological polar surface area (TPSA) is 23.0 Å². The van der Waals surface area contributed by atoms with Crippen molar-refractivity contribution in [2.45, 2.75) is 0 Å². The number of benzene rings is 20. The molecule has 3 nitrogen and oxygen atoms in total. The molecule has 0 aliphatic heterocycles. The van der Waals surface area contributed by atoms with Crippen molar-refractivity contribution in [2.75, 3.05) is 0 Å². The fraction of sp³-hybridized carbons (Fsp3) is 0. The van der Waals surface area contributed by atoms with E-state index in [9.17, 15) is 0 Å². The molecule has 116 heavy (non-hydrogen) atoms. The van der Waals surface area contributed by atoms with Crippen LogP contribution in [0.3, 0.4) is 0 Å². The van der Waals surface area contributed by atoms with E-state index >= 15 is 0 Å². The van der Waals surface area contributed by atoms with Crippen LogP contribution in [0.1, 0.15) is 0 Å². The Hall–Kier alpha value is -14.9. The number of rotatable bonds is 11. The Morgan fingerprint density at radius 1 is 0.181 bits per heavy atom. The van der Waals surface area contributed by atoms with Crippen LogP contribution in [0.5, 0.6) is 0 Å². The Bertz CT molecular complexity index is 8180. The number of furan rings is 1. The molecule has 0 aliphatic rings. The van der Waals surface area contributed by atoms with E-state index in [1.165, 1.54) is 151 Å². The molecule has 0 N–H and O–H groups in total. The van der Waals surface area contributed by atoms with Crippen LogP contribution in [0, 0.1) is 0 Å². The van der Waals surface area contributed by atoms with Crippen molar-refractivity contribution >= 4 is 140 Å². The van der Waals surface area contributed by atoms with Crippen LogP contribution >= 0.6 is 11.3 Å². The van der Waals surface area contributed by atoms with Gasteiger partial charge in [-0.15, -0.1) is 11.3 Å². The lowest BCUT2D eigenvalue weighted by atomic mass is 9.84. The van der Waals surface area contributed by atoms with Gasteiger partial charge in [0.15, 0.2) is 0 Å². The first kappa shape index (κ1) is 65.7. The van der Waals surface area contributed by atoms with Gasteiger partial charge in [0, 0.05) is 69.4 Å². The molecule has 0 amide bonds. The molecule has 0 fully saturated rings. The molecule has 24 aromatic rings. The van der Waals surface area contributed by atoms with Crippen molar-refractivity contribution in [3.63, 3.8) is 0 Å². The average molecular weight is 1490 g/mol. The molecule has 0 saturated carbocycles. The Kier molecular flexibility index (Phi) is 14.9. The molecule has 24 rings (SSSR count). The van der Waals surface area contributed by atoms with Gasteiger partial charge in [-0.25, -0.2) is 0 Å². The summed E-state index contributed by atoms with van der Waals surface area (Å²) in [5.41, 5.74) is 30.0. The Balaban J connectivity index is 0.590. The summed E-state index contributed by atoms with van der Waals surface area (Å²) < 4.78 is 14.1. The highest BCUT2D eigenvalue weighted by molar-refractivity contribution is 7.26. The van der Waals surface area contributed by atoms with E-state index in [1.807, 2.05) is 17.4 Å². The smallest absolute Gasteiger partial charge is 0.143 e. The summed E-state index contributed by atoms with van der Waals surface area (Å²) in [7, 11) is 0. The maximum absolute atomic E-state index is 6.58. The lowest BCUT2D eigenvalue weighted by Gasteiger charge is -2.19. The number of para-hydroxylation sites is 4. The predicted octanol–water partition coefficient (Wildman–Crippen LogP) is 31.8. The minimum absolute atomic E-state index is 0.901. The average Bonchev–Trinajstić information content (AvgIpc) is 1.22. The molecular weight excluding hydrogens is 1420 g/mol. The number of aromatic nitrogens is 2. The van der Waals surface area contributed by atoms with Gasteiger partial charge in [-0.05, 0) is 223 Å². The first-order valence-corrected chi connectivity index (χ1v) is 40.7. The van der Waals surface area contributed by atoms with E-state index in [0.717, 1.165) is 88.9 Å². The van der Waals surface area contributed by atoms with Crippen molar-refractivity contribution in [2.24, 2.45) is 0 Å². The summed E-state index contributed by atoms with van der Waals surface area (Å²) in [4.78, 5) is 0.